The summed E-state index contributed by atoms with van der Waals surface area (Å²) in [4.78, 5) is 0. The van der Waals surface area contributed by atoms with Crippen molar-refractivity contribution in [3.63, 3.8) is 0 Å². The number of hydrogen-bond acceptors (Lipinski definition) is 10. The molecule has 0 aromatic heterocycles. The molecule has 0 amide bonds. The molecule has 0 bridgehead atoms. The van der Waals surface area contributed by atoms with Crippen LogP contribution in [0.4, 0.5) is 0 Å². The summed E-state index contributed by atoms with van der Waals surface area (Å²) in [5.74, 6) is 0. The first-order chi connectivity index (χ1) is 11.3. The van der Waals surface area contributed by atoms with Crippen LogP contribution < -0.4 is 0 Å². The lowest BCUT2D eigenvalue weighted by Gasteiger charge is -2.42. The van der Waals surface area contributed by atoms with Gasteiger partial charge in [0.2, 0.25) is 0 Å². The van der Waals surface area contributed by atoms with E-state index in [1.54, 1.807) is 0 Å². The Hall–Kier alpha value is -0.400. The van der Waals surface area contributed by atoms with Gasteiger partial charge in [0.05, 0.1) is 18.8 Å². The van der Waals surface area contributed by atoms with Crippen LogP contribution in [0.2, 0.25) is 0 Å². The maximum absolute atomic E-state index is 9.99. The van der Waals surface area contributed by atoms with Crippen LogP contribution in [-0.2, 0) is 14.2 Å². The summed E-state index contributed by atoms with van der Waals surface area (Å²) in [5, 5.41) is 68.1. The molecular weight excluding hydrogens is 328 g/mol. The van der Waals surface area contributed by atoms with Crippen molar-refractivity contribution >= 4 is 0 Å². The molecule has 10 atom stereocenters. The monoisotopic (exact) mass is 354 g/mol. The molecule has 2 heterocycles. The molecule has 0 radical (unpaired) electrons. The average molecular weight is 354 g/mol. The molecule has 7 N–H and O–H groups in total. The Labute approximate surface area is 138 Å². The number of rotatable bonds is 5. The third-order valence-electron chi connectivity index (χ3n) is 4.63. The Morgan fingerprint density at radius 3 is 1.62 bits per heavy atom. The van der Waals surface area contributed by atoms with Gasteiger partial charge < -0.3 is 50.0 Å². The summed E-state index contributed by atoms with van der Waals surface area (Å²) in [6.07, 6.45) is -12.2. The van der Waals surface area contributed by atoms with Crippen molar-refractivity contribution in [2.75, 3.05) is 13.7 Å². The molecule has 24 heavy (non-hydrogen) atoms. The van der Waals surface area contributed by atoms with E-state index in [2.05, 4.69) is 0 Å². The minimum atomic E-state index is -1.47. The van der Waals surface area contributed by atoms with Crippen LogP contribution in [0, 0.1) is 0 Å². The highest BCUT2D eigenvalue weighted by Crippen LogP contribution is 2.28. The van der Waals surface area contributed by atoms with Crippen LogP contribution in [0.3, 0.4) is 0 Å². The summed E-state index contributed by atoms with van der Waals surface area (Å²) in [6.45, 7) is -0.527. The van der Waals surface area contributed by atoms with E-state index in [0.717, 1.165) is 0 Å². The molecule has 142 valence electrons. The van der Waals surface area contributed by atoms with Gasteiger partial charge in [0, 0.05) is 7.11 Å². The maximum Gasteiger partial charge on any atom is 0.186 e. The minimum absolute atomic E-state index is 0.114. The van der Waals surface area contributed by atoms with Gasteiger partial charge in [0.25, 0.3) is 0 Å². The molecule has 0 aliphatic carbocycles. The molecular formula is C14H26O10. The van der Waals surface area contributed by atoms with Crippen molar-refractivity contribution in [1.82, 2.24) is 0 Å². The maximum atomic E-state index is 9.99. The first kappa shape index (κ1) is 19.9. The first-order valence-corrected chi connectivity index (χ1v) is 7.84. The second kappa shape index (κ2) is 8.32. The van der Waals surface area contributed by atoms with E-state index in [4.69, 9.17) is 19.3 Å². The zero-order valence-electron chi connectivity index (χ0n) is 13.3. The van der Waals surface area contributed by atoms with Crippen LogP contribution in [0.15, 0.2) is 0 Å². The predicted molar refractivity (Wildman–Crippen MR) is 76.7 cm³/mol. The normalized spacial score (nSPS) is 50.0. The second-order valence-corrected chi connectivity index (χ2v) is 6.20. The molecule has 0 aromatic carbocycles. The van der Waals surface area contributed by atoms with E-state index >= 15 is 0 Å². The zero-order chi connectivity index (χ0) is 18.0. The first-order valence-electron chi connectivity index (χ1n) is 7.84. The van der Waals surface area contributed by atoms with Crippen molar-refractivity contribution in [2.45, 2.75) is 74.1 Å². The summed E-state index contributed by atoms with van der Waals surface area (Å²) < 4.78 is 15.6. The Kier molecular flexibility index (Phi) is 6.90. The van der Waals surface area contributed by atoms with Crippen LogP contribution in [0.25, 0.3) is 0 Å². The Morgan fingerprint density at radius 1 is 0.667 bits per heavy atom. The number of ether oxygens (including phenoxy) is 3. The summed E-state index contributed by atoms with van der Waals surface area (Å²) >= 11 is 0. The van der Waals surface area contributed by atoms with Gasteiger partial charge in [0.1, 0.15) is 42.7 Å². The van der Waals surface area contributed by atoms with Gasteiger partial charge in [-0.1, -0.05) is 0 Å². The van der Waals surface area contributed by atoms with Crippen LogP contribution in [0.5, 0.6) is 0 Å². The van der Waals surface area contributed by atoms with E-state index in [0.29, 0.717) is 0 Å². The van der Waals surface area contributed by atoms with Gasteiger partial charge in [-0.3, -0.25) is 0 Å². The Morgan fingerprint density at radius 2 is 1.12 bits per heavy atom. The lowest BCUT2D eigenvalue weighted by atomic mass is 9.90. The van der Waals surface area contributed by atoms with E-state index in [1.807, 2.05) is 0 Å². The van der Waals surface area contributed by atoms with Gasteiger partial charge >= 0.3 is 0 Å². The molecule has 10 heteroatoms. The standard InChI is InChI=1S/C14H26O10/c1-22-14-13(21)12(20)9(17)6(24-14)3-2-5-8(16)11(19)10(18)7(4-15)23-5/h5-21H,2-4H2,1H3/t5-,6-,7-,8-,9-,10-,11-,12+,13+,14+/m1/s1. The number of hydrogen-bond donors (Lipinski definition) is 7. The molecule has 0 spiro atoms. The van der Waals surface area contributed by atoms with Gasteiger partial charge in [-0.15, -0.1) is 0 Å². The number of methoxy groups -OCH3 is 1. The molecule has 10 nitrogen and oxygen atoms in total. The third-order valence-corrected chi connectivity index (χ3v) is 4.63. The molecule has 0 saturated carbocycles. The van der Waals surface area contributed by atoms with E-state index < -0.39 is 67.8 Å². The van der Waals surface area contributed by atoms with Crippen LogP contribution in [0.1, 0.15) is 12.8 Å². The predicted octanol–water partition coefficient (Wildman–Crippen LogP) is -3.94. The highest BCUT2D eigenvalue weighted by Gasteiger charge is 2.46. The van der Waals surface area contributed by atoms with Crippen molar-refractivity contribution in [3.8, 4) is 0 Å². The molecule has 2 aliphatic heterocycles. The topological polar surface area (TPSA) is 169 Å². The Bertz CT molecular complexity index is 356. The van der Waals surface area contributed by atoms with Crippen molar-refractivity contribution in [1.29, 1.82) is 0 Å². The second-order valence-electron chi connectivity index (χ2n) is 6.20. The van der Waals surface area contributed by atoms with Gasteiger partial charge in [-0.05, 0) is 12.8 Å². The largest absolute Gasteiger partial charge is 0.394 e. The van der Waals surface area contributed by atoms with Crippen LogP contribution in [-0.4, -0.2) is 111 Å². The fourth-order valence-electron chi connectivity index (χ4n) is 3.10. The Balaban J connectivity index is 1.96. The fourth-order valence-corrected chi connectivity index (χ4v) is 3.10. The molecule has 0 aromatic rings. The third kappa shape index (κ3) is 3.88. The van der Waals surface area contributed by atoms with E-state index in [-0.39, 0.29) is 12.8 Å². The van der Waals surface area contributed by atoms with E-state index in [9.17, 15) is 30.6 Å². The van der Waals surface area contributed by atoms with Crippen molar-refractivity contribution < 1.29 is 50.0 Å². The highest BCUT2D eigenvalue weighted by molar-refractivity contribution is 4.94. The molecule has 2 fully saturated rings. The number of aliphatic hydroxyl groups excluding tert-OH is 7. The minimum Gasteiger partial charge on any atom is -0.394 e. The molecule has 2 rings (SSSR count). The van der Waals surface area contributed by atoms with Crippen LogP contribution >= 0.6 is 0 Å². The van der Waals surface area contributed by atoms with Crippen molar-refractivity contribution in [3.05, 3.63) is 0 Å². The summed E-state index contributed by atoms with van der Waals surface area (Å²) in [6, 6.07) is 0. The van der Waals surface area contributed by atoms with Gasteiger partial charge in [-0.25, -0.2) is 0 Å². The molecule has 2 saturated heterocycles. The summed E-state index contributed by atoms with van der Waals surface area (Å²) in [5.41, 5.74) is 0. The van der Waals surface area contributed by atoms with E-state index in [1.165, 1.54) is 7.11 Å². The molecule has 0 unspecified atom stereocenters. The smallest absolute Gasteiger partial charge is 0.186 e. The average Bonchev–Trinajstić information content (AvgIpc) is 2.58. The summed E-state index contributed by atoms with van der Waals surface area (Å²) in [7, 11) is 1.28. The van der Waals surface area contributed by atoms with Gasteiger partial charge in [0.15, 0.2) is 6.29 Å². The highest BCUT2D eigenvalue weighted by atomic mass is 16.7. The number of aliphatic hydroxyl groups is 7. The zero-order valence-corrected chi connectivity index (χ0v) is 13.3. The fraction of sp³-hybridized carbons (Fsp3) is 1.00. The SMILES string of the molecule is CO[C@H]1O[C@H](CC[C@H]2O[C@H](CO)[C@@H](O)[C@H](O)[C@@H]2O)[C@@H](O)[C@H](O)[C@@H]1O. The van der Waals surface area contributed by atoms with Crippen molar-refractivity contribution in [2.24, 2.45) is 0 Å². The lowest BCUT2D eigenvalue weighted by Crippen LogP contribution is -2.60. The van der Waals surface area contributed by atoms with Gasteiger partial charge in [-0.2, -0.15) is 0 Å². The molecule has 2 aliphatic rings. The lowest BCUT2D eigenvalue weighted by molar-refractivity contribution is -0.293. The quantitative estimate of drug-likeness (QED) is 0.259.